The molecule has 4 aromatic rings. The molecule has 8 nitrogen and oxygen atoms in total. The van der Waals surface area contributed by atoms with E-state index in [4.69, 9.17) is 19.4 Å². The van der Waals surface area contributed by atoms with Crippen molar-refractivity contribution < 1.29 is 9.47 Å². The third-order valence-electron chi connectivity index (χ3n) is 10.9. The lowest BCUT2D eigenvalue weighted by atomic mass is 9.73. The number of aromatic nitrogens is 3. The average Bonchev–Trinajstić information content (AvgIpc) is 3.77. The van der Waals surface area contributed by atoms with Crippen LogP contribution in [0.3, 0.4) is 0 Å². The van der Waals surface area contributed by atoms with Gasteiger partial charge in [0, 0.05) is 67.3 Å². The maximum atomic E-state index is 6.85. The molecular formula is C36H46N6O2. The van der Waals surface area contributed by atoms with Crippen molar-refractivity contribution in [1.82, 2.24) is 25.2 Å². The molecule has 2 N–H and O–H groups in total. The SMILES string of the molecule is COCCOc1c(-c2c(C)ccc3[nH]ccc23)c(C2CC2)cc2c(N3CCC4(CC3)CNC4)nc(C3CCN(C)CC3)nc12. The van der Waals surface area contributed by atoms with Crippen LogP contribution >= 0.6 is 0 Å². The lowest BCUT2D eigenvalue weighted by Gasteiger charge is -2.48. The molecule has 5 heterocycles. The first-order chi connectivity index (χ1) is 21.5. The zero-order chi connectivity index (χ0) is 29.8. The van der Waals surface area contributed by atoms with Gasteiger partial charge in [-0.25, -0.2) is 9.97 Å². The van der Waals surface area contributed by atoms with Crippen LogP contribution in [-0.2, 0) is 4.74 Å². The van der Waals surface area contributed by atoms with Crippen LogP contribution in [0.2, 0.25) is 0 Å². The molecule has 232 valence electrons. The molecule has 0 bridgehead atoms. The minimum atomic E-state index is 0.356. The van der Waals surface area contributed by atoms with Gasteiger partial charge in [-0.1, -0.05) is 6.07 Å². The topological polar surface area (TPSA) is 78.5 Å². The predicted octanol–water partition coefficient (Wildman–Crippen LogP) is 5.99. The molecule has 0 amide bonds. The van der Waals surface area contributed by atoms with Crippen LogP contribution in [0.25, 0.3) is 32.9 Å². The lowest BCUT2D eigenvalue weighted by Crippen LogP contribution is -2.58. The molecule has 1 spiro atoms. The van der Waals surface area contributed by atoms with Gasteiger partial charge in [0.1, 0.15) is 23.8 Å². The monoisotopic (exact) mass is 594 g/mol. The quantitative estimate of drug-likeness (QED) is 0.243. The molecule has 4 fully saturated rings. The zero-order valence-electron chi connectivity index (χ0n) is 26.5. The number of aromatic amines is 1. The minimum absolute atomic E-state index is 0.356. The van der Waals surface area contributed by atoms with Crippen LogP contribution in [0.4, 0.5) is 5.82 Å². The normalized spacial score (nSPS) is 20.9. The van der Waals surface area contributed by atoms with E-state index in [0.717, 1.165) is 85.9 Å². The van der Waals surface area contributed by atoms with Crippen LogP contribution in [0.15, 0.2) is 30.5 Å². The van der Waals surface area contributed by atoms with Crippen molar-refractivity contribution in [3.05, 3.63) is 47.4 Å². The zero-order valence-corrected chi connectivity index (χ0v) is 26.5. The number of anilines is 1. The van der Waals surface area contributed by atoms with E-state index in [1.54, 1.807) is 7.11 Å². The molecule has 0 radical (unpaired) electrons. The maximum absolute atomic E-state index is 6.85. The molecule has 0 unspecified atom stereocenters. The average molecular weight is 595 g/mol. The summed E-state index contributed by atoms with van der Waals surface area (Å²) in [5, 5.41) is 5.92. The number of rotatable bonds is 8. The highest BCUT2D eigenvalue weighted by Crippen LogP contribution is 2.53. The molecule has 2 aromatic heterocycles. The fraction of sp³-hybridized carbons (Fsp3) is 0.556. The second-order valence-electron chi connectivity index (χ2n) is 14.0. The first-order valence-corrected chi connectivity index (χ1v) is 16.8. The van der Waals surface area contributed by atoms with Crippen molar-refractivity contribution in [1.29, 1.82) is 0 Å². The van der Waals surface area contributed by atoms with E-state index in [1.165, 1.54) is 53.3 Å². The fourth-order valence-corrected chi connectivity index (χ4v) is 7.89. The summed E-state index contributed by atoms with van der Waals surface area (Å²) in [6.45, 7) is 9.81. The Bertz CT molecular complexity index is 1670. The number of ether oxygens (including phenoxy) is 2. The molecule has 0 atom stereocenters. The Morgan fingerprint density at radius 1 is 0.909 bits per heavy atom. The highest BCUT2D eigenvalue weighted by molar-refractivity contribution is 6.06. The Morgan fingerprint density at radius 3 is 2.41 bits per heavy atom. The standard InChI is InChI=1S/C36H46N6O2/c1-23-4-7-29-26(8-13-38-29)30(23)31-27(24-5-6-24)20-28-32(33(31)44-19-18-43-3)39-34(25-9-14-41(2)15-10-25)40-35(28)42-16-11-36(12-17-42)21-37-22-36/h4,7-8,13,20,24-25,37-38H,5-6,9-12,14-19,21-22H2,1-3H3. The minimum Gasteiger partial charge on any atom is -0.488 e. The second kappa shape index (κ2) is 11.3. The van der Waals surface area contributed by atoms with E-state index >= 15 is 0 Å². The van der Waals surface area contributed by atoms with Crippen molar-refractivity contribution in [3.8, 4) is 16.9 Å². The molecule has 1 saturated carbocycles. The summed E-state index contributed by atoms with van der Waals surface area (Å²) in [4.78, 5) is 19.4. The number of benzene rings is 2. The number of nitrogens with zero attached hydrogens (tertiary/aromatic N) is 4. The summed E-state index contributed by atoms with van der Waals surface area (Å²) in [7, 11) is 3.96. The summed E-state index contributed by atoms with van der Waals surface area (Å²) in [5.41, 5.74) is 7.72. The van der Waals surface area contributed by atoms with Gasteiger partial charge in [-0.3, -0.25) is 0 Å². The summed E-state index contributed by atoms with van der Waals surface area (Å²) >= 11 is 0. The molecule has 8 rings (SSSR count). The van der Waals surface area contributed by atoms with E-state index in [9.17, 15) is 0 Å². The lowest BCUT2D eigenvalue weighted by molar-refractivity contribution is 0.126. The molecule has 3 aliphatic heterocycles. The summed E-state index contributed by atoms with van der Waals surface area (Å²) in [6, 6.07) is 9.10. The number of methoxy groups -OCH3 is 1. The molecule has 8 heteroatoms. The van der Waals surface area contributed by atoms with E-state index in [1.807, 2.05) is 0 Å². The Balaban J connectivity index is 1.37. The first kappa shape index (κ1) is 28.3. The molecule has 4 aliphatic rings. The van der Waals surface area contributed by atoms with Crippen molar-refractivity contribution >= 4 is 27.6 Å². The van der Waals surface area contributed by atoms with Crippen molar-refractivity contribution in [2.75, 3.05) is 71.5 Å². The number of piperidine rings is 2. The van der Waals surface area contributed by atoms with Crippen LogP contribution < -0.4 is 15.0 Å². The Hall–Kier alpha value is -3.20. The largest absolute Gasteiger partial charge is 0.488 e. The molecular weight excluding hydrogens is 548 g/mol. The summed E-state index contributed by atoms with van der Waals surface area (Å²) < 4.78 is 12.3. The van der Waals surface area contributed by atoms with Gasteiger partial charge in [0.2, 0.25) is 0 Å². The van der Waals surface area contributed by atoms with Gasteiger partial charge in [-0.15, -0.1) is 0 Å². The van der Waals surface area contributed by atoms with E-state index in [2.05, 4.69) is 64.5 Å². The number of likely N-dealkylation sites (tertiary alicyclic amines) is 1. The number of hydrogen-bond donors (Lipinski definition) is 2. The van der Waals surface area contributed by atoms with Crippen LogP contribution in [-0.4, -0.2) is 86.5 Å². The van der Waals surface area contributed by atoms with Crippen LogP contribution in [0.5, 0.6) is 5.75 Å². The molecule has 44 heavy (non-hydrogen) atoms. The van der Waals surface area contributed by atoms with Crippen molar-refractivity contribution in [2.45, 2.75) is 57.3 Å². The van der Waals surface area contributed by atoms with Gasteiger partial charge >= 0.3 is 0 Å². The van der Waals surface area contributed by atoms with E-state index < -0.39 is 0 Å². The van der Waals surface area contributed by atoms with Gasteiger partial charge in [0.05, 0.1) is 6.61 Å². The Labute approximate surface area is 260 Å². The molecule has 1 aliphatic carbocycles. The third-order valence-corrected chi connectivity index (χ3v) is 10.9. The van der Waals surface area contributed by atoms with Gasteiger partial charge in [-0.2, -0.15) is 0 Å². The number of fused-ring (bicyclic) bond motifs is 2. The third kappa shape index (κ3) is 4.95. The van der Waals surface area contributed by atoms with Crippen LogP contribution in [0, 0.1) is 12.3 Å². The maximum Gasteiger partial charge on any atom is 0.153 e. The Morgan fingerprint density at radius 2 is 1.70 bits per heavy atom. The molecule has 3 saturated heterocycles. The number of nitrogens with one attached hydrogen (secondary N) is 2. The second-order valence-corrected chi connectivity index (χ2v) is 14.0. The van der Waals surface area contributed by atoms with E-state index in [0.29, 0.717) is 30.5 Å². The van der Waals surface area contributed by atoms with Gasteiger partial charge in [0.25, 0.3) is 0 Å². The predicted molar refractivity (Wildman–Crippen MR) is 177 cm³/mol. The van der Waals surface area contributed by atoms with Gasteiger partial charge in [0.15, 0.2) is 5.75 Å². The number of aryl methyl sites for hydroxylation is 1. The summed E-state index contributed by atoms with van der Waals surface area (Å²) in [5.74, 6) is 3.90. The highest BCUT2D eigenvalue weighted by Gasteiger charge is 2.41. The number of H-pyrrole nitrogens is 1. The fourth-order valence-electron chi connectivity index (χ4n) is 7.89. The smallest absolute Gasteiger partial charge is 0.153 e. The van der Waals surface area contributed by atoms with Gasteiger partial charge in [-0.05, 0) is 112 Å². The summed E-state index contributed by atoms with van der Waals surface area (Å²) in [6.07, 6.45) is 9.08. The van der Waals surface area contributed by atoms with Crippen molar-refractivity contribution in [3.63, 3.8) is 0 Å². The van der Waals surface area contributed by atoms with Crippen LogP contribution in [0.1, 0.15) is 67.3 Å². The first-order valence-electron chi connectivity index (χ1n) is 16.8. The molecule has 2 aromatic carbocycles. The number of hydrogen-bond acceptors (Lipinski definition) is 7. The van der Waals surface area contributed by atoms with Gasteiger partial charge < -0.3 is 29.6 Å². The highest BCUT2D eigenvalue weighted by atomic mass is 16.5. The Kier molecular flexibility index (Phi) is 7.27. The van der Waals surface area contributed by atoms with Crippen molar-refractivity contribution in [2.24, 2.45) is 5.41 Å². The van der Waals surface area contributed by atoms with E-state index in [-0.39, 0.29) is 0 Å².